The number of amides is 2. The Labute approximate surface area is 123 Å². The second-order valence-corrected chi connectivity index (χ2v) is 5.06. The molecule has 0 spiro atoms. The van der Waals surface area contributed by atoms with Gasteiger partial charge in [0.2, 0.25) is 11.8 Å². The number of carbonyl (C=O) groups is 2. The molecular formula is C15H20N2O4. The molecule has 0 saturated heterocycles. The molecule has 0 aromatic heterocycles. The van der Waals surface area contributed by atoms with Crippen molar-refractivity contribution < 1.29 is 19.5 Å². The zero-order valence-electron chi connectivity index (χ0n) is 11.9. The van der Waals surface area contributed by atoms with E-state index in [1.54, 1.807) is 5.48 Å². The summed E-state index contributed by atoms with van der Waals surface area (Å²) in [4.78, 5) is 22.1. The second-order valence-electron chi connectivity index (χ2n) is 5.06. The molecule has 114 valence electrons. The molecule has 1 aromatic rings. The molecule has 6 nitrogen and oxygen atoms in total. The van der Waals surface area contributed by atoms with Gasteiger partial charge in [-0.2, -0.15) is 0 Å². The Balaban J connectivity index is 1.70. The number of unbranched alkanes of at least 4 members (excludes halogenated alkanes) is 2. The monoisotopic (exact) mass is 292 g/mol. The van der Waals surface area contributed by atoms with Crippen LogP contribution in [0.15, 0.2) is 18.2 Å². The van der Waals surface area contributed by atoms with E-state index in [0.29, 0.717) is 19.4 Å². The molecule has 0 atom stereocenters. The average Bonchev–Trinajstić information content (AvgIpc) is 2.49. The Morgan fingerprint density at radius 1 is 1.29 bits per heavy atom. The normalized spacial score (nSPS) is 13.3. The van der Waals surface area contributed by atoms with Crippen LogP contribution in [0, 0.1) is 0 Å². The Morgan fingerprint density at radius 3 is 2.95 bits per heavy atom. The van der Waals surface area contributed by atoms with Gasteiger partial charge in [-0.1, -0.05) is 6.07 Å². The number of hydrogen-bond acceptors (Lipinski definition) is 4. The Hall–Kier alpha value is -2.08. The largest absolute Gasteiger partial charge is 0.494 e. The highest BCUT2D eigenvalue weighted by atomic mass is 16.5. The van der Waals surface area contributed by atoms with Crippen LogP contribution in [0.1, 0.15) is 37.7 Å². The molecular weight excluding hydrogens is 272 g/mol. The van der Waals surface area contributed by atoms with E-state index in [4.69, 9.17) is 9.94 Å². The van der Waals surface area contributed by atoms with Crippen molar-refractivity contribution in [3.63, 3.8) is 0 Å². The number of benzene rings is 1. The van der Waals surface area contributed by atoms with Crippen LogP contribution >= 0.6 is 0 Å². The third-order valence-corrected chi connectivity index (χ3v) is 3.42. The SMILES string of the molecule is O=C(CCCCCOc1ccc2c(c1)NC(=O)CC2)NO. The van der Waals surface area contributed by atoms with Crippen molar-refractivity contribution in [3.05, 3.63) is 23.8 Å². The Kier molecular flexibility index (Phi) is 5.57. The van der Waals surface area contributed by atoms with Gasteiger partial charge >= 0.3 is 0 Å². The summed E-state index contributed by atoms with van der Waals surface area (Å²) in [6.45, 7) is 0.563. The van der Waals surface area contributed by atoms with Gasteiger partial charge in [0.05, 0.1) is 6.61 Å². The smallest absolute Gasteiger partial charge is 0.243 e. The van der Waals surface area contributed by atoms with E-state index >= 15 is 0 Å². The summed E-state index contributed by atoms with van der Waals surface area (Å²) in [5.41, 5.74) is 3.58. The van der Waals surface area contributed by atoms with Crippen molar-refractivity contribution in [3.8, 4) is 5.75 Å². The van der Waals surface area contributed by atoms with Crippen molar-refractivity contribution in [2.75, 3.05) is 11.9 Å². The molecule has 0 bridgehead atoms. The second kappa shape index (κ2) is 7.64. The summed E-state index contributed by atoms with van der Waals surface area (Å²) >= 11 is 0. The molecule has 2 rings (SSSR count). The number of aryl methyl sites for hydroxylation is 1. The molecule has 0 radical (unpaired) electrons. The van der Waals surface area contributed by atoms with Crippen LogP contribution < -0.4 is 15.5 Å². The van der Waals surface area contributed by atoms with E-state index in [-0.39, 0.29) is 11.8 Å². The number of rotatable bonds is 7. The Bertz CT molecular complexity index is 516. The van der Waals surface area contributed by atoms with E-state index in [1.807, 2.05) is 18.2 Å². The molecule has 21 heavy (non-hydrogen) atoms. The standard InChI is InChI=1S/C15H20N2O4/c18-14-8-6-11-5-7-12(10-13(11)16-14)21-9-3-1-2-4-15(19)17-20/h5,7,10,20H,1-4,6,8-9H2,(H,16,18)(H,17,19). The maximum absolute atomic E-state index is 11.3. The molecule has 3 N–H and O–H groups in total. The van der Waals surface area contributed by atoms with Gasteiger partial charge in [-0.3, -0.25) is 14.8 Å². The quantitative estimate of drug-likeness (QED) is 0.407. The van der Waals surface area contributed by atoms with Gasteiger partial charge in [0, 0.05) is 24.6 Å². The van der Waals surface area contributed by atoms with Crippen molar-refractivity contribution in [2.45, 2.75) is 38.5 Å². The molecule has 2 amide bonds. The fraction of sp³-hybridized carbons (Fsp3) is 0.467. The number of anilines is 1. The molecule has 6 heteroatoms. The van der Waals surface area contributed by atoms with Crippen molar-refractivity contribution >= 4 is 17.5 Å². The highest BCUT2D eigenvalue weighted by Crippen LogP contribution is 2.27. The third-order valence-electron chi connectivity index (χ3n) is 3.42. The molecule has 0 aliphatic carbocycles. The highest BCUT2D eigenvalue weighted by molar-refractivity contribution is 5.94. The molecule has 0 unspecified atom stereocenters. The number of nitrogens with one attached hydrogen (secondary N) is 2. The van der Waals surface area contributed by atoms with Crippen LogP contribution in [-0.2, 0) is 16.0 Å². The molecule has 0 saturated carbocycles. The maximum atomic E-state index is 11.3. The van der Waals surface area contributed by atoms with Crippen molar-refractivity contribution in [1.82, 2.24) is 5.48 Å². The van der Waals surface area contributed by atoms with Gasteiger partial charge in [0.15, 0.2) is 0 Å². The summed E-state index contributed by atoms with van der Waals surface area (Å²) in [5, 5.41) is 11.2. The van der Waals surface area contributed by atoms with Crippen molar-refractivity contribution in [1.29, 1.82) is 0 Å². The van der Waals surface area contributed by atoms with Gasteiger partial charge in [-0.25, -0.2) is 5.48 Å². The number of fused-ring (bicyclic) bond motifs is 1. The van der Waals surface area contributed by atoms with Crippen LogP contribution in [0.4, 0.5) is 5.69 Å². The molecule has 1 aliphatic heterocycles. The van der Waals surface area contributed by atoms with Crippen LogP contribution in [0.2, 0.25) is 0 Å². The average molecular weight is 292 g/mol. The zero-order chi connectivity index (χ0) is 15.1. The molecule has 1 heterocycles. The summed E-state index contributed by atoms with van der Waals surface area (Å²) in [5.74, 6) is 0.423. The summed E-state index contributed by atoms with van der Waals surface area (Å²) in [6, 6.07) is 5.75. The minimum atomic E-state index is -0.360. The number of hydrogen-bond donors (Lipinski definition) is 3. The first-order chi connectivity index (χ1) is 10.2. The maximum Gasteiger partial charge on any atom is 0.243 e. The van der Waals surface area contributed by atoms with Crippen LogP contribution in [0.5, 0.6) is 5.75 Å². The van der Waals surface area contributed by atoms with Gasteiger partial charge in [0.25, 0.3) is 0 Å². The predicted octanol–water partition coefficient (Wildman–Crippen LogP) is 2.02. The highest BCUT2D eigenvalue weighted by Gasteiger charge is 2.14. The van der Waals surface area contributed by atoms with E-state index in [9.17, 15) is 9.59 Å². The number of hydroxylamine groups is 1. The first-order valence-electron chi connectivity index (χ1n) is 7.17. The molecule has 1 aromatic carbocycles. The lowest BCUT2D eigenvalue weighted by Gasteiger charge is -2.17. The van der Waals surface area contributed by atoms with E-state index in [2.05, 4.69) is 5.32 Å². The van der Waals surface area contributed by atoms with Crippen molar-refractivity contribution in [2.24, 2.45) is 0 Å². The fourth-order valence-electron chi connectivity index (χ4n) is 2.25. The molecule has 0 fully saturated rings. The van der Waals surface area contributed by atoms with E-state index in [1.165, 1.54) is 0 Å². The first-order valence-corrected chi connectivity index (χ1v) is 7.17. The lowest BCUT2D eigenvalue weighted by Crippen LogP contribution is -2.18. The third kappa shape index (κ3) is 4.75. The van der Waals surface area contributed by atoms with Crippen LogP contribution in [0.25, 0.3) is 0 Å². The van der Waals surface area contributed by atoms with E-state index in [0.717, 1.165) is 42.7 Å². The lowest BCUT2D eigenvalue weighted by atomic mass is 10.0. The number of ether oxygens (including phenoxy) is 1. The minimum absolute atomic E-state index is 0.0433. The predicted molar refractivity (Wildman–Crippen MR) is 77.3 cm³/mol. The lowest BCUT2D eigenvalue weighted by molar-refractivity contribution is -0.129. The Morgan fingerprint density at radius 2 is 2.14 bits per heavy atom. The van der Waals surface area contributed by atoms with Crippen LogP contribution in [0.3, 0.4) is 0 Å². The first kappa shape index (κ1) is 15.3. The summed E-state index contributed by atoms with van der Waals surface area (Å²) in [7, 11) is 0. The number of carbonyl (C=O) groups excluding carboxylic acids is 2. The van der Waals surface area contributed by atoms with Gasteiger partial charge in [-0.15, -0.1) is 0 Å². The molecule has 1 aliphatic rings. The van der Waals surface area contributed by atoms with Gasteiger partial charge < -0.3 is 10.1 Å². The van der Waals surface area contributed by atoms with Gasteiger partial charge in [-0.05, 0) is 37.3 Å². The summed E-state index contributed by atoms with van der Waals surface area (Å²) < 4.78 is 5.64. The van der Waals surface area contributed by atoms with E-state index < -0.39 is 0 Å². The topological polar surface area (TPSA) is 87.7 Å². The minimum Gasteiger partial charge on any atom is -0.494 e. The fourth-order valence-corrected chi connectivity index (χ4v) is 2.25. The zero-order valence-corrected chi connectivity index (χ0v) is 11.9. The summed E-state index contributed by atoms with van der Waals surface area (Å²) in [6.07, 6.45) is 4.04. The van der Waals surface area contributed by atoms with Gasteiger partial charge in [0.1, 0.15) is 5.75 Å². The van der Waals surface area contributed by atoms with Crippen LogP contribution in [-0.4, -0.2) is 23.6 Å².